The zero-order valence-corrected chi connectivity index (χ0v) is 12.1. The standard InChI is InChI=1S/C13H21N3O3S/c14-11-5-4-10(20(15,18)19)8-12(11)16-9-13(17)6-2-1-3-7-13/h4-5,8,16-17H,1-3,6-7,9,14H2,(H2,15,18,19). The number of nitrogen functional groups attached to an aromatic ring is 1. The molecule has 6 nitrogen and oxygen atoms in total. The van der Waals surface area contributed by atoms with E-state index in [0.717, 1.165) is 32.1 Å². The number of aliphatic hydroxyl groups is 1. The van der Waals surface area contributed by atoms with Crippen LogP contribution in [0.2, 0.25) is 0 Å². The maximum Gasteiger partial charge on any atom is 0.238 e. The molecule has 2 rings (SSSR count). The number of sulfonamides is 1. The molecule has 0 unspecified atom stereocenters. The molecular formula is C13H21N3O3S. The topological polar surface area (TPSA) is 118 Å². The van der Waals surface area contributed by atoms with Gasteiger partial charge in [-0.3, -0.25) is 0 Å². The van der Waals surface area contributed by atoms with Crippen molar-refractivity contribution in [2.75, 3.05) is 17.6 Å². The van der Waals surface area contributed by atoms with Crippen LogP contribution in [0.4, 0.5) is 11.4 Å². The predicted molar refractivity (Wildman–Crippen MR) is 78.8 cm³/mol. The summed E-state index contributed by atoms with van der Waals surface area (Å²) in [7, 11) is -3.76. The summed E-state index contributed by atoms with van der Waals surface area (Å²) in [6, 6.07) is 4.26. The second kappa shape index (κ2) is 5.59. The van der Waals surface area contributed by atoms with Gasteiger partial charge in [-0.15, -0.1) is 0 Å². The molecule has 0 spiro atoms. The third-order valence-corrected chi connectivity index (χ3v) is 4.66. The SMILES string of the molecule is Nc1ccc(S(N)(=O)=O)cc1NCC1(O)CCCCC1. The van der Waals surface area contributed by atoms with Crippen LogP contribution in [-0.4, -0.2) is 25.7 Å². The van der Waals surface area contributed by atoms with Crippen molar-refractivity contribution in [1.82, 2.24) is 0 Å². The first-order chi connectivity index (χ1) is 9.30. The number of benzene rings is 1. The summed E-state index contributed by atoms with van der Waals surface area (Å²) in [5, 5.41) is 18.5. The number of rotatable bonds is 4. The van der Waals surface area contributed by atoms with Crippen molar-refractivity contribution < 1.29 is 13.5 Å². The van der Waals surface area contributed by atoms with E-state index in [9.17, 15) is 13.5 Å². The minimum atomic E-state index is -3.76. The minimum absolute atomic E-state index is 0.00448. The van der Waals surface area contributed by atoms with Crippen LogP contribution in [0.15, 0.2) is 23.1 Å². The second-order valence-electron chi connectivity index (χ2n) is 5.43. The van der Waals surface area contributed by atoms with E-state index in [1.54, 1.807) is 0 Å². The van der Waals surface area contributed by atoms with Gasteiger partial charge in [-0.25, -0.2) is 13.6 Å². The largest absolute Gasteiger partial charge is 0.397 e. The van der Waals surface area contributed by atoms with Gasteiger partial charge in [-0.2, -0.15) is 0 Å². The van der Waals surface area contributed by atoms with Gasteiger partial charge in [-0.05, 0) is 31.0 Å². The fourth-order valence-electron chi connectivity index (χ4n) is 2.51. The molecule has 0 atom stereocenters. The van der Waals surface area contributed by atoms with Crippen LogP contribution >= 0.6 is 0 Å². The molecule has 0 heterocycles. The highest BCUT2D eigenvalue weighted by atomic mass is 32.2. The number of anilines is 2. The summed E-state index contributed by atoms with van der Waals surface area (Å²) >= 11 is 0. The Bertz CT molecular complexity index is 581. The summed E-state index contributed by atoms with van der Waals surface area (Å²) in [5.41, 5.74) is 5.97. The van der Waals surface area contributed by atoms with Crippen molar-refractivity contribution in [1.29, 1.82) is 0 Å². The van der Waals surface area contributed by atoms with Gasteiger partial charge in [0.25, 0.3) is 0 Å². The third kappa shape index (κ3) is 3.62. The van der Waals surface area contributed by atoms with Crippen LogP contribution in [0, 0.1) is 0 Å². The molecule has 7 heteroatoms. The van der Waals surface area contributed by atoms with Crippen molar-refractivity contribution >= 4 is 21.4 Å². The number of primary sulfonamides is 1. The summed E-state index contributed by atoms with van der Waals surface area (Å²) < 4.78 is 22.7. The lowest BCUT2D eigenvalue weighted by atomic mass is 9.85. The van der Waals surface area contributed by atoms with Crippen LogP contribution in [-0.2, 0) is 10.0 Å². The second-order valence-corrected chi connectivity index (χ2v) is 6.99. The first-order valence-electron chi connectivity index (χ1n) is 6.69. The Hall–Kier alpha value is -1.31. The lowest BCUT2D eigenvalue weighted by Gasteiger charge is -2.32. The molecule has 0 saturated heterocycles. The smallest absolute Gasteiger partial charge is 0.238 e. The number of hydrogen-bond acceptors (Lipinski definition) is 5. The van der Waals surface area contributed by atoms with Crippen molar-refractivity contribution in [2.45, 2.75) is 42.6 Å². The van der Waals surface area contributed by atoms with E-state index < -0.39 is 15.6 Å². The first kappa shape index (κ1) is 15.1. The number of hydrogen-bond donors (Lipinski definition) is 4. The molecule has 1 fully saturated rings. The van der Waals surface area contributed by atoms with Crippen LogP contribution in [0.25, 0.3) is 0 Å². The maximum atomic E-state index is 11.3. The lowest BCUT2D eigenvalue weighted by Crippen LogP contribution is -2.38. The molecule has 0 aromatic heterocycles. The Morgan fingerprint density at radius 2 is 1.90 bits per heavy atom. The molecular weight excluding hydrogens is 278 g/mol. The molecule has 1 aromatic carbocycles. The van der Waals surface area contributed by atoms with E-state index in [1.165, 1.54) is 18.2 Å². The lowest BCUT2D eigenvalue weighted by molar-refractivity contribution is 0.0167. The van der Waals surface area contributed by atoms with Gasteiger partial charge in [0.15, 0.2) is 0 Å². The molecule has 6 N–H and O–H groups in total. The van der Waals surface area contributed by atoms with E-state index in [2.05, 4.69) is 5.32 Å². The van der Waals surface area contributed by atoms with E-state index in [-0.39, 0.29) is 4.90 Å². The normalized spacial score (nSPS) is 18.7. The summed E-state index contributed by atoms with van der Waals surface area (Å²) in [6.07, 6.45) is 4.64. The monoisotopic (exact) mass is 299 g/mol. The molecule has 20 heavy (non-hydrogen) atoms. The predicted octanol–water partition coefficient (Wildman–Crippen LogP) is 1.02. The molecule has 0 radical (unpaired) electrons. The highest BCUT2D eigenvalue weighted by Crippen LogP contribution is 2.29. The Kier molecular flexibility index (Phi) is 4.22. The van der Waals surface area contributed by atoms with Crippen LogP contribution < -0.4 is 16.2 Å². The van der Waals surface area contributed by atoms with Gasteiger partial charge in [0.1, 0.15) is 0 Å². The fraction of sp³-hybridized carbons (Fsp3) is 0.538. The molecule has 0 amide bonds. The number of nitrogens with two attached hydrogens (primary N) is 2. The minimum Gasteiger partial charge on any atom is -0.397 e. The Balaban J connectivity index is 2.13. The van der Waals surface area contributed by atoms with E-state index in [0.29, 0.717) is 17.9 Å². The summed E-state index contributed by atoms with van der Waals surface area (Å²) in [6.45, 7) is 0.352. The van der Waals surface area contributed by atoms with Crippen LogP contribution in [0.5, 0.6) is 0 Å². The van der Waals surface area contributed by atoms with Crippen molar-refractivity contribution in [2.24, 2.45) is 5.14 Å². The van der Waals surface area contributed by atoms with Crippen molar-refractivity contribution in [3.8, 4) is 0 Å². The third-order valence-electron chi connectivity index (χ3n) is 3.75. The number of nitrogens with one attached hydrogen (secondary N) is 1. The summed E-state index contributed by atoms with van der Waals surface area (Å²) in [4.78, 5) is 0.00448. The van der Waals surface area contributed by atoms with E-state index in [4.69, 9.17) is 10.9 Å². The Morgan fingerprint density at radius 3 is 2.50 bits per heavy atom. The highest BCUT2D eigenvalue weighted by Gasteiger charge is 2.29. The van der Waals surface area contributed by atoms with Gasteiger partial charge in [0, 0.05) is 6.54 Å². The maximum absolute atomic E-state index is 11.3. The molecule has 0 bridgehead atoms. The molecule has 1 aromatic rings. The average molecular weight is 299 g/mol. The molecule has 1 saturated carbocycles. The Labute approximate surface area is 119 Å². The van der Waals surface area contributed by atoms with Gasteiger partial charge >= 0.3 is 0 Å². The summed E-state index contributed by atoms with van der Waals surface area (Å²) in [5.74, 6) is 0. The molecule has 0 aliphatic heterocycles. The first-order valence-corrected chi connectivity index (χ1v) is 8.23. The molecule has 1 aliphatic rings. The van der Waals surface area contributed by atoms with Gasteiger partial charge in [-0.1, -0.05) is 19.3 Å². The molecule has 1 aliphatic carbocycles. The highest BCUT2D eigenvalue weighted by molar-refractivity contribution is 7.89. The average Bonchev–Trinajstić information content (AvgIpc) is 2.37. The zero-order valence-electron chi connectivity index (χ0n) is 11.3. The van der Waals surface area contributed by atoms with E-state index in [1.807, 2.05) is 0 Å². The fourth-order valence-corrected chi connectivity index (χ4v) is 3.05. The quantitative estimate of drug-likeness (QED) is 0.619. The van der Waals surface area contributed by atoms with Crippen LogP contribution in [0.3, 0.4) is 0 Å². The Morgan fingerprint density at radius 1 is 1.25 bits per heavy atom. The van der Waals surface area contributed by atoms with Crippen LogP contribution in [0.1, 0.15) is 32.1 Å². The zero-order chi connectivity index (χ0) is 14.8. The molecule has 112 valence electrons. The van der Waals surface area contributed by atoms with Gasteiger partial charge in [0.05, 0.1) is 21.9 Å². The van der Waals surface area contributed by atoms with Crippen molar-refractivity contribution in [3.63, 3.8) is 0 Å². The van der Waals surface area contributed by atoms with Gasteiger partial charge < -0.3 is 16.2 Å². The van der Waals surface area contributed by atoms with Gasteiger partial charge in [0.2, 0.25) is 10.0 Å². The van der Waals surface area contributed by atoms with Crippen molar-refractivity contribution in [3.05, 3.63) is 18.2 Å². The van der Waals surface area contributed by atoms with E-state index >= 15 is 0 Å².